The first-order valence-corrected chi connectivity index (χ1v) is 7.87. The summed E-state index contributed by atoms with van der Waals surface area (Å²) in [6, 6.07) is 3.15. The van der Waals surface area contributed by atoms with Gasteiger partial charge in [-0.05, 0) is 13.0 Å². The molecule has 0 aliphatic carbocycles. The van der Waals surface area contributed by atoms with Gasteiger partial charge in [0.1, 0.15) is 16.9 Å². The molecule has 2 rings (SSSR count). The Labute approximate surface area is 135 Å². The van der Waals surface area contributed by atoms with Gasteiger partial charge in [0.15, 0.2) is 0 Å². The predicted octanol–water partition coefficient (Wildman–Crippen LogP) is 5.98. The van der Waals surface area contributed by atoms with E-state index in [1.54, 1.807) is 12.1 Å². The summed E-state index contributed by atoms with van der Waals surface area (Å²) in [5.74, 6) is 0.864. The molecule has 1 unspecified atom stereocenters. The zero-order valence-electron chi connectivity index (χ0n) is 9.79. The van der Waals surface area contributed by atoms with E-state index in [-0.39, 0.29) is 6.10 Å². The lowest BCUT2D eigenvalue weighted by Gasteiger charge is -2.14. The average molecular weight is 357 g/mol. The van der Waals surface area contributed by atoms with Gasteiger partial charge < -0.3 is 4.74 Å². The van der Waals surface area contributed by atoms with Gasteiger partial charge in [0.05, 0.1) is 26.6 Å². The molecule has 0 aliphatic heterocycles. The van der Waals surface area contributed by atoms with Crippen LogP contribution in [0.25, 0.3) is 0 Å². The molecule has 2 aromatic rings. The number of hydrogen-bond donors (Lipinski definition) is 0. The number of benzene rings is 1. The van der Waals surface area contributed by atoms with Crippen molar-refractivity contribution in [2.45, 2.75) is 18.9 Å². The van der Waals surface area contributed by atoms with Crippen molar-refractivity contribution in [3.05, 3.63) is 43.3 Å². The molecule has 0 spiro atoms. The third-order valence-electron chi connectivity index (χ3n) is 2.33. The summed E-state index contributed by atoms with van der Waals surface area (Å²) in [6.07, 6.45) is -0.239. The summed E-state index contributed by atoms with van der Waals surface area (Å²) in [6.45, 7) is 1.88. The fraction of sp³-hybridized carbons (Fsp3) is 0.250. The molecule has 1 atom stereocenters. The van der Waals surface area contributed by atoms with Crippen LogP contribution >= 0.6 is 57.7 Å². The molecule has 1 aromatic heterocycles. The molecule has 19 heavy (non-hydrogen) atoms. The van der Waals surface area contributed by atoms with E-state index in [2.05, 4.69) is 4.98 Å². The number of aromatic nitrogens is 1. The molecule has 1 aromatic carbocycles. The highest BCUT2D eigenvalue weighted by Crippen LogP contribution is 2.36. The number of hydrogen-bond acceptors (Lipinski definition) is 3. The number of alkyl halides is 1. The molecular formula is C12H9Cl4NOS. The highest BCUT2D eigenvalue weighted by atomic mass is 35.5. The topological polar surface area (TPSA) is 22.1 Å². The minimum atomic E-state index is -0.239. The van der Waals surface area contributed by atoms with E-state index in [0.29, 0.717) is 26.7 Å². The SMILES string of the molecule is CC(Oc1cc(Cl)c(Cl)cc1Cl)c1nc(CCl)cs1. The second kappa shape index (κ2) is 6.51. The van der Waals surface area contributed by atoms with Gasteiger partial charge in [0.2, 0.25) is 0 Å². The minimum absolute atomic E-state index is 0.239. The third kappa shape index (κ3) is 3.67. The van der Waals surface area contributed by atoms with Crippen LogP contribution in [0.1, 0.15) is 23.7 Å². The minimum Gasteiger partial charge on any atom is -0.482 e. The molecule has 0 saturated carbocycles. The monoisotopic (exact) mass is 355 g/mol. The van der Waals surface area contributed by atoms with Crippen molar-refractivity contribution in [3.8, 4) is 5.75 Å². The van der Waals surface area contributed by atoms with Crippen LogP contribution in [0, 0.1) is 0 Å². The number of halogens is 4. The van der Waals surface area contributed by atoms with E-state index in [4.69, 9.17) is 51.1 Å². The second-order valence-corrected chi connectivity index (χ2v) is 6.15. The highest BCUT2D eigenvalue weighted by molar-refractivity contribution is 7.09. The van der Waals surface area contributed by atoms with Gasteiger partial charge in [-0.1, -0.05) is 34.8 Å². The van der Waals surface area contributed by atoms with Gasteiger partial charge in [-0.3, -0.25) is 0 Å². The summed E-state index contributed by atoms with van der Waals surface area (Å²) in [5.41, 5.74) is 0.831. The molecule has 102 valence electrons. The van der Waals surface area contributed by atoms with Crippen LogP contribution in [0.15, 0.2) is 17.5 Å². The molecule has 0 fully saturated rings. The summed E-state index contributed by atoms with van der Waals surface area (Å²) < 4.78 is 5.75. The smallest absolute Gasteiger partial charge is 0.147 e. The van der Waals surface area contributed by atoms with Gasteiger partial charge >= 0.3 is 0 Å². The van der Waals surface area contributed by atoms with Gasteiger partial charge in [-0.25, -0.2) is 4.98 Å². The Balaban J connectivity index is 2.18. The first-order valence-electron chi connectivity index (χ1n) is 5.32. The van der Waals surface area contributed by atoms with Crippen LogP contribution in [0.2, 0.25) is 15.1 Å². The van der Waals surface area contributed by atoms with E-state index in [1.165, 1.54) is 11.3 Å². The number of nitrogens with zero attached hydrogens (tertiary/aromatic N) is 1. The van der Waals surface area contributed by atoms with Crippen LogP contribution in [0.4, 0.5) is 0 Å². The van der Waals surface area contributed by atoms with Crippen molar-refractivity contribution in [2.75, 3.05) is 0 Å². The molecule has 0 amide bonds. The maximum atomic E-state index is 6.06. The molecule has 0 radical (unpaired) electrons. The third-order valence-corrected chi connectivity index (χ3v) is 4.68. The fourth-order valence-corrected chi connectivity index (χ4v) is 3.02. The van der Waals surface area contributed by atoms with Crippen molar-refractivity contribution in [3.63, 3.8) is 0 Å². The quantitative estimate of drug-likeness (QED) is 0.496. The number of rotatable bonds is 4. The van der Waals surface area contributed by atoms with Crippen molar-refractivity contribution in [1.29, 1.82) is 0 Å². The second-order valence-electron chi connectivity index (χ2n) is 3.77. The summed E-state index contributed by atoms with van der Waals surface area (Å²) >= 11 is 25.1. The number of thiazole rings is 1. The molecule has 0 N–H and O–H groups in total. The van der Waals surface area contributed by atoms with Gasteiger partial charge in [-0.15, -0.1) is 22.9 Å². The normalized spacial score (nSPS) is 12.5. The Morgan fingerprint density at radius 1 is 1.21 bits per heavy atom. The van der Waals surface area contributed by atoms with Crippen molar-refractivity contribution < 1.29 is 4.74 Å². The predicted molar refractivity (Wildman–Crippen MR) is 82.2 cm³/mol. The van der Waals surface area contributed by atoms with E-state index in [9.17, 15) is 0 Å². The molecule has 2 nitrogen and oxygen atoms in total. The maximum absolute atomic E-state index is 6.06. The lowest BCUT2D eigenvalue weighted by Crippen LogP contribution is -2.03. The molecule has 0 aliphatic rings. The van der Waals surface area contributed by atoms with E-state index in [0.717, 1.165) is 10.7 Å². The molecule has 1 heterocycles. The largest absolute Gasteiger partial charge is 0.482 e. The Morgan fingerprint density at radius 3 is 2.53 bits per heavy atom. The Kier molecular flexibility index (Phi) is 5.21. The molecular weight excluding hydrogens is 348 g/mol. The Bertz CT molecular complexity index is 587. The van der Waals surface area contributed by atoms with E-state index in [1.807, 2.05) is 12.3 Å². The zero-order chi connectivity index (χ0) is 14.0. The number of ether oxygens (including phenoxy) is 1. The van der Waals surface area contributed by atoms with Crippen LogP contribution in [-0.2, 0) is 5.88 Å². The first kappa shape index (κ1) is 15.2. The lowest BCUT2D eigenvalue weighted by atomic mass is 10.3. The van der Waals surface area contributed by atoms with Gasteiger partial charge in [0, 0.05) is 11.4 Å². The van der Waals surface area contributed by atoms with E-state index >= 15 is 0 Å². The maximum Gasteiger partial charge on any atom is 0.147 e. The summed E-state index contributed by atoms with van der Waals surface area (Å²) in [7, 11) is 0. The summed E-state index contributed by atoms with van der Waals surface area (Å²) in [5, 5.41) is 3.94. The lowest BCUT2D eigenvalue weighted by molar-refractivity contribution is 0.226. The van der Waals surface area contributed by atoms with Gasteiger partial charge in [0.25, 0.3) is 0 Å². The fourth-order valence-electron chi connectivity index (χ4n) is 1.41. The van der Waals surface area contributed by atoms with Crippen molar-refractivity contribution >= 4 is 57.7 Å². The summed E-state index contributed by atoms with van der Waals surface area (Å²) in [4.78, 5) is 4.35. The first-order chi connectivity index (χ1) is 9.01. The molecule has 0 bridgehead atoms. The van der Waals surface area contributed by atoms with Crippen molar-refractivity contribution in [1.82, 2.24) is 4.98 Å². The van der Waals surface area contributed by atoms with Crippen LogP contribution < -0.4 is 4.74 Å². The van der Waals surface area contributed by atoms with Crippen LogP contribution in [-0.4, -0.2) is 4.98 Å². The van der Waals surface area contributed by atoms with E-state index < -0.39 is 0 Å². The average Bonchev–Trinajstić information content (AvgIpc) is 2.84. The van der Waals surface area contributed by atoms with Crippen molar-refractivity contribution in [2.24, 2.45) is 0 Å². The standard InChI is InChI=1S/C12H9Cl4NOS/c1-6(12-17-7(4-13)5-19-12)18-11-3-9(15)8(14)2-10(11)16/h2-3,5-6H,4H2,1H3. The van der Waals surface area contributed by atoms with Crippen LogP contribution in [0.5, 0.6) is 5.75 Å². The zero-order valence-corrected chi connectivity index (χ0v) is 13.6. The highest BCUT2D eigenvalue weighted by Gasteiger charge is 2.15. The Hall–Kier alpha value is -0.190. The Morgan fingerprint density at radius 2 is 1.89 bits per heavy atom. The van der Waals surface area contributed by atoms with Gasteiger partial charge in [-0.2, -0.15) is 0 Å². The van der Waals surface area contributed by atoms with Crippen LogP contribution in [0.3, 0.4) is 0 Å². The molecule has 0 saturated heterocycles. The molecule has 7 heteroatoms.